The van der Waals surface area contributed by atoms with Crippen LogP contribution >= 0.6 is 12.4 Å². The number of halogens is 1. The average molecular weight is 259 g/mol. The molecule has 2 heterocycles. The van der Waals surface area contributed by atoms with Crippen LogP contribution in [0.2, 0.25) is 0 Å². The Kier molecular flexibility index (Phi) is 5.95. The molecule has 17 heavy (non-hydrogen) atoms. The predicted octanol–water partition coefficient (Wildman–Crippen LogP) is 1.64. The first-order valence-electron chi connectivity index (χ1n) is 6.30. The molecule has 1 aliphatic rings. The summed E-state index contributed by atoms with van der Waals surface area (Å²) in [4.78, 5) is 2.51. The summed E-state index contributed by atoms with van der Waals surface area (Å²) in [6.45, 7) is 6.03. The van der Waals surface area contributed by atoms with Crippen LogP contribution in [0.4, 0.5) is 0 Å². The van der Waals surface area contributed by atoms with E-state index in [0.717, 1.165) is 19.6 Å². The van der Waals surface area contributed by atoms with Gasteiger partial charge in [0.15, 0.2) is 0 Å². The molecule has 5 heteroatoms. The third kappa shape index (κ3) is 3.44. The van der Waals surface area contributed by atoms with Gasteiger partial charge in [-0.1, -0.05) is 6.42 Å². The van der Waals surface area contributed by atoms with Gasteiger partial charge in [0.2, 0.25) is 0 Å². The Balaban J connectivity index is 0.00000144. The van der Waals surface area contributed by atoms with Crippen LogP contribution in [0.15, 0.2) is 12.3 Å². The molecule has 1 fully saturated rings. The highest BCUT2D eigenvalue weighted by Gasteiger charge is 2.21. The van der Waals surface area contributed by atoms with Gasteiger partial charge in [-0.3, -0.25) is 9.58 Å². The van der Waals surface area contributed by atoms with Gasteiger partial charge in [0.25, 0.3) is 0 Å². The third-order valence-corrected chi connectivity index (χ3v) is 3.49. The van der Waals surface area contributed by atoms with Crippen molar-refractivity contribution < 1.29 is 0 Å². The number of aromatic nitrogens is 2. The van der Waals surface area contributed by atoms with E-state index >= 15 is 0 Å². The summed E-state index contributed by atoms with van der Waals surface area (Å²) in [6.07, 6.45) is 5.76. The molecule has 0 bridgehead atoms. The number of nitrogens with zero attached hydrogens (tertiary/aromatic N) is 3. The zero-order valence-corrected chi connectivity index (χ0v) is 11.3. The molecule has 1 aromatic rings. The minimum absolute atomic E-state index is 0. The Morgan fingerprint density at radius 1 is 1.47 bits per heavy atom. The monoisotopic (exact) mass is 258 g/mol. The Hall–Kier alpha value is -0.580. The van der Waals surface area contributed by atoms with Crippen LogP contribution in [-0.4, -0.2) is 33.8 Å². The SMILES string of the molecule is CCn1nccc1CN1CCCCC1CN.Cl. The minimum atomic E-state index is 0. The largest absolute Gasteiger partial charge is 0.329 e. The van der Waals surface area contributed by atoms with Gasteiger partial charge >= 0.3 is 0 Å². The first kappa shape index (κ1) is 14.5. The topological polar surface area (TPSA) is 47.1 Å². The number of nitrogens with two attached hydrogens (primary N) is 1. The quantitative estimate of drug-likeness (QED) is 0.893. The summed E-state index contributed by atoms with van der Waals surface area (Å²) in [5.41, 5.74) is 7.14. The van der Waals surface area contributed by atoms with Gasteiger partial charge in [0.1, 0.15) is 0 Å². The normalized spacial score (nSPS) is 21.2. The second kappa shape index (κ2) is 6.99. The van der Waals surface area contributed by atoms with E-state index in [9.17, 15) is 0 Å². The van der Waals surface area contributed by atoms with Gasteiger partial charge in [-0.15, -0.1) is 12.4 Å². The second-order valence-corrected chi connectivity index (χ2v) is 4.49. The van der Waals surface area contributed by atoms with Gasteiger partial charge in [-0.25, -0.2) is 0 Å². The molecule has 98 valence electrons. The van der Waals surface area contributed by atoms with Crippen LogP contribution in [0.3, 0.4) is 0 Å². The summed E-state index contributed by atoms with van der Waals surface area (Å²) in [5.74, 6) is 0. The van der Waals surface area contributed by atoms with Crippen LogP contribution in [0.25, 0.3) is 0 Å². The predicted molar refractivity (Wildman–Crippen MR) is 72.3 cm³/mol. The average Bonchev–Trinajstić information content (AvgIpc) is 2.77. The number of likely N-dealkylation sites (tertiary alicyclic amines) is 1. The lowest BCUT2D eigenvalue weighted by molar-refractivity contribution is 0.141. The van der Waals surface area contributed by atoms with Crippen LogP contribution in [-0.2, 0) is 13.1 Å². The van der Waals surface area contributed by atoms with E-state index in [4.69, 9.17) is 5.73 Å². The van der Waals surface area contributed by atoms with Crippen molar-refractivity contribution in [3.8, 4) is 0 Å². The molecule has 0 aliphatic carbocycles. The first-order chi connectivity index (χ1) is 7.85. The molecule has 1 saturated heterocycles. The molecule has 1 atom stereocenters. The van der Waals surface area contributed by atoms with E-state index < -0.39 is 0 Å². The van der Waals surface area contributed by atoms with Crippen molar-refractivity contribution >= 4 is 12.4 Å². The first-order valence-corrected chi connectivity index (χ1v) is 6.30. The fourth-order valence-electron chi connectivity index (χ4n) is 2.52. The minimum Gasteiger partial charge on any atom is -0.329 e. The highest BCUT2D eigenvalue weighted by molar-refractivity contribution is 5.85. The van der Waals surface area contributed by atoms with E-state index in [-0.39, 0.29) is 12.4 Å². The number of aryl methyl sites for hydroxylation is 1. The van der Waals surface area contributed by atoms with Crippen molar-refractivity contribution in [2.75, 3.05) is 13.1 Å². The number of rotatable bonds is 4. The van der Waals surface area contributed by atoms with E-state index in [2.05, 4.69) is 27.7 Å². The number of hydrogen-bond acceptors (Lipinski definition) is 3. The molecule has 2 N–H and O–H groups in total. The van der Waals surface area contributed by atoms with Gasteiger partial charge in [0.05, 0.1) is 5.69 Å². The fourth-order valence-corrected chi connectivity index (χ4v) is 2.52. The molecular formula is C12H23ClN4. The van der Waals surface area contributed by atoms with Crippen molar-refractivity contribution in [2.24, 2.45) is 5.73 Å². The molecule has 0 aromatic carbocycles. The van der Waals surface area contributed by atoms with Crippen molar-refractivity contribution in [3.05, 3.63) is 18.0 Å². The standard InChI is InChI=1S/C12H22N4.ClH/c1-2-16-12(6-7-14-16)10-15-8-4-3-5-11(15)9-13;/h6-7,11H,2-5,8-10,13H2,1H3;1H. The summed E-state index contributed by atoms with van der Waals surface area (Å²) in [5, 5.41) is 4.31. The molecule has 1 unspecified atom stereocenters. The maximum Gasteiger partial charge on any atom is 0.0524 e. The summed E-state index contributed by atoms with van der Waals surface area (Å²) in [6, 6.07) is 2.68. The van der Waals surface area contributed by atoms with Crippen LogP contribution < -0.4 is 5.73 Å². The van der Waals surface area contributed by atoms with Crippen molar-refractivity contribution in [1.29, 1.82) is 0 Å². The zero-order chi connectivity index (χ0) is 11.4. The lowest BCUT2D eigenvalue weighted by atomic mass is 10.0. The Labute approximate surface area is 110 Å². The lowest BCUT2D eigenvalue weighted by Crippen LogP contribution is -2.43. The van der Waals surface area contributed by atoms with Crippen molar-refractivity contribution in [2.45, 2.75) is 45.3 Å². The molecule has 0 amide bonds. The smallest absolute Gasteiger partial charge is 0.0524 e. The van der Waals surface area contributed by atoms with Crippen molar-refractivity contribution in [1.82, 2.24) is 14.7 Å². The molecule has 0 radical (unpaired) electrons. The van der Waals surface area contributed by atoms with Crippen LogP contribution in [0.1, 0.15) is 31.9 Å². The van der Waals surface area contributed by atoms with Gasteiger partial charge < -0.3 is 5.73 Å². The zero-order valence-electron chi connectivity index (χ0n) is 10.5. The highest BCUT2D eigenvalue weighted by Crippen LogP contribution is 2.18. The van der Waals surface area contributed by atoms with Crippen molar-refractivity contribution in [3.63, 3.8) is 0 Å². The molecule has 1 aliphatic heterocycles. The Morgan fingerprint density at radius 3 is 3.00 bits per heavy atom. The van der Waals surface area contributed by atoms with E-state index in [1.165, 1.54) is 31.5 Å². The van der Waals surface area contributed by atoms with Gasteiger partial charge in [0, 0.05) is 31.9 Å². The fraction of sp³-hybridized carbons (Fsp3) is 0.750. The Bertz CT molecular complexity index is 326. The second-order valence-electron chi connectivity index (χ2n) is 4.49. The number of hydrogen-bond donors (Lipinski definition) is 1. The molecule has 0 saturated carbocycles. The Morgan fingerprint density at radius 2 is 2.29 bits per heavy atom. The van der Waals surface area contributed by atoms with E-state index in [1.807, 2.05) is 6.20 Å². The maximum absolute atomic E-state index is 5.83. The molecule has 1 aromatic heterocycles. The highest BCUT2D eigenvalue weighted by atomic mass is 35.5. The molecule has 0 spiro atoms. The summed E-state index contributed by atoms with van der Waals surface area (Å²) >= 11 is 0. The summed E-state index contributed by atoms with van der Waals surface area (Å²) < 4.78 is 2.07. The molecule has 2 rings (SSSR count). The van der Waals surface area contributed by atoms with Gasteiger partial charge in [-0.2, -0.15) is 5.10 Å². The summed E-state index contributed by atoms with van der Waals surface area (Å²) in [7, 11) is 0. The van der Waals surface area contributed by atoms with E-state index in [0.29, 0.717) is 6.04 Å². The third-order valence-electron chi connectivity index (χ3n) is 3.49. The molecular weight excluding hydrogens is 236 g/mol. The maximum atomic E-state index is 5.83. The van der Waals surface area contributed by atoms with E-state index in [1.54, 1.807) is 0 Å². The molecule has 4 nitrogen and oxygen atoms in total. The van der Waals surface area contributed by atoms with Crippen LogP contribution in [0, 0.1) is 0 Å². The number of piperidine rings is 1. The van der Waals surface area contributed by atoms with Crippen LogP contribution in [0.5, 0.6) is 0 Å². The lowest BCUT2D eigenvalue weighted by Gasteiger charge is -2.34. The van der Waals surface area contributed by atoms with Gasteiger partial charge in [-0.05, 0) is 32.4 Å².